The second-order valence-corrected chi connectivity index (χ2v) is 8.10. The summed E-state index contributed by atoms with van der Waals surface area (Å²) in [5, 5.41) is 28.5. The maximum Gasteiger partial charge on any atom is 0.250 e. The van der Waals surface area contributed by atoms with Crippen molar-refractivity contribution in [1.29, 1.82) is 0 Å². The Labute approximate surface area is 166 Å². The lowest BCUT2D eigenvalue weighted by atomic mass is 9.82. The first kappa shape index (κ1) is 15.5. The highest BCUT2D eigenvalue weighted by Crippen LogP contribution is 2.57. The molecule has 2 aliphatic carbocycles. The number of aromatic nitrogens is 2. The molecule has 0 unspecified atom stereocenters. The molecule has 2 fully saturated rings. The van der Waals surface area contributed by atoms with E-state index in [1.165, 1.54) is 0 Å². The minimum atomic E-state index is 0.205. The lowest BCUT2D eigenvalue weighted by Gasteiger charge is -2.38. The number of nitrogens with zero attached hydrogens (tertiary/aromatic N) is 7. The van der Waals surface area contributed by atoms with Gasteiger partial charge in [-0.05, 0) is 30.7 Å². The highest BCUT2D eigenvalue weighted by atomic mass is 16.4. The average Bonchev–Trinajstić information content (AvgIpc) is 3.49. The van der Waals surface area contributed by atoms with Crippen LogP contribution < -0.4 is 5.01 Å². The Morgan fingerprint density at radius 3 is 2.38 bits per heavy atom. The molecule has 29 heavy (non-hydrogen) atoms. The molecule has 0 saturated heterocycles. The van der Waals surface area contributed by atoms with Crippen LogP contribution in [-0.2, 0) is 0 Å². The van der Waals surface area contributed by atoms with Gasteiger partial charge in [0.05, 0.1) is 17.3 Å². The molecule has 0 amide bonds. The second-order valence-electron chi connectivity index (χ2n) is 8.10. The maximum absolute atomic E-state index is 6.02. The highest BCUT2D eigenvalue weighted by Gasteiger charge is 2.65. The monoisotopic (exact) mass is 383 g/mol. The molecule has 0 N–H and O–H groups in total. The van der Waals surface area contributed by atoms with Crippen molar-refractivity contribution in [2.24, 2.45) is 32.4 Å². The van der Waals surface area contributed by atoms with Crippen LogP contribution in [0.3, 0.4) is 0 Å². The van der Waals surface area contributed by atoms with Crippen molar-refractivity contribution in [1.82, 2.24) is 10.2 Å². The molecule has 6 atom stereocenters. The van der Waals surface area contributed by atoms with Gasteiger partial charge in [0.1, 0.15) is 18.1 Å². The van der Waals surface area contributed by atoms with Crippen molar-refractivity contribution in [3.05, 3.63) is 54.6 Å². The van der Waals surface area contributed by atoms with E-state index in [-0.39, 0.29) is 12.1 Å². The molecule has 4 aliphatic rings. The SMILES string of the molecule is c1ccc(-c2nnc(-c3ccccc3N3N=N[C@H]4[C@H]5C[C@H]([C@@H]6N=N[C@H]56)[C@H]43)o2)cc1. The standard InChI is InChI=1S/C21H17N7O/c1-2-6-11(7-3-1)20-25-26-21(29-20)12-8-4-5-9-15(12)28-19-14-10-13(18(19)24-27-28)16-17(14)23-22-16/h1-9,13-14,16-19H,10H2/t13-,14+,16+,17-,18-,19+/m0/s1. The van der Waals surface area contributed by atoms with Crippen LogP contribution in [0.25, 0.3) is 22.9 Å². The summed E-state index contributed by atoms with van der Waals surface area (Å²) in [4.78, 5) is 0. The van der Waals surface area contributed by atoms with Crippen molar-refractivity contribution in [2.75, 3.05) is 5.01 Å². The molecule has 2 saturated carbocycles. The first-order valence-electron chi connectivity index (χ1n) is 9.97. The van der Waals surface area contributed by atoms with Crippen molar-refractivity contribution < 1.29 is 4.42 Å². The molecule has 2 bridgehead atoms. The van der Waals surface area contributed by atoms with Crippen LogP contribution >= 0.6 is 0 Å². The van der Waals surface area contributed by atoms with Gasteiger partial charge in [-0.3, -0.25) is 0 Å². The maximum atomic E-state index is 6.02. The predicted octanol–water partition coefficient (Wildman–Crippen LogP) is 4.18. The number of rotatable bonds is 3. The van der Waals surface area contributed by atoms with Gasteiger partial charge in [-0.2, -0.15) is 15.3 Å². The Kier molecular flexibility index (Phi) is 2.97. The van der Waals surface area contributed by atoms with E-state index in [1.54, 1.807) is 0 Å². The van der Waals surface area contributed by atoms with Crippen LogP contribution in [0.4, 0.5) is 5.69 Å². The zero-order valence-corrected chi connectivity index (χ0v) is 15.4. The van der Waals surface area contributed by atoms with Gasteiger partial charge in [0.2, 0.25) is 11.8 Å². The van der Waals surface area contributed by atoms with Crippen LogP contribution in [0.1, 0.15) is 6.42 Å². The van der Waals surface area contributed by atoms with Gasteiger partial charge in [0.15, 0.2) is 0 Å². The molecule has 3 aromatic rings. The number of azo groups is 1. The van der Waals surface area contributed by atoms with Crippen LogP contribution in [0.2, 0.25) is 0 Å². The van der Waals surface area contributed by atoms with Crippen LogP contribution in [0, 0.1) is 11.8 Å². The summed E-state index contributed by atoms with van der Waals surface area (Å²) in [6, 6.07) is 19.0. The van der Waals surface area contributed by atoms with Gasteiger partial charge >= 0.3 is 0 Å². The molecule has 8 heteroatoms. The van der Waals surface area contributed by atoms with E-state index in [0.717, 1.165) is 23.2 Å². The second kappa shape index (κ2) is 5.56. The third-order valence-electron chi connectivity index (χ3n) is 6.72. The quantitative estimate of drug-likeness (QED) is 0.678. The fourth-order valence-electron chi connectivity index (χ4n) is 5.43. The first-order valence-corrected chi connectivity index (χ1v) is 9.97. The van der Waals surface area contributed by atoms with Crippen LogP contribution in [-0.4, -0.2) is 34.4 Å². The van der Waals surface area contributed by atoms with E-state index in [4.69, 9.17) is 4.42 Å². The fraction of sp³-hybridized carbons (Fsp3) is 0.333. The third kappa shape index (κ3) is 2.03. The van der Waals surface area contributed by atoms with Crippen LogP contribution in [0.5, 0.6) is 0 Å². The predicted molar refractivity (Wildman–Crippen MR) is 104 cm³/mol. The molecule has 7 rings (SSSR count). The molecule has 2 aromatic carbocycles. The van der Waals surface area contributed by atoms with Crippen LogP contribution in [0.15, 0.2) is 79.6 Å². The number of anilines is 1. The van der Waals surface area contributed by atoms with E-state index < -0.39 is 0 Å². The fourth-order valence-corrected chi connectivity index (χ4v) is 5.43. The lowest BCUT2D eigenvalue weighted by Crippen LogP contribution is -2.52. The van der Waals surface area contributed by atoms with E-state index in [1.807, 2.05) is 48.5 Å². The third-order valence-corrected chi connectivity index (χ3v) is 6.72. The molecule has 2 aliphatic heterocycles. The summed E-state index contributed by atoms with van der Waals surface area (Å²) in [5.41, 5.74) is 2.72. The summed E-state index contributed by atoms with van der Waals surface area (Å²) in [5.74, 6) is 1.93. The van der Waals surface area contributed by atoms with Crippen molar-refractivity contribution >= 4 is 5.69 Å². The zero-order chi connectivity index (χ0) is 18.9. The van der Waals surface area contributed by atoms with Gasteiger partial charge in [-0.1, -0.05) is 35.6 Å². The average molecular weight is 383 g/mol. The Morgan fingerprint density at radius 1 is 0.759 bits per heavy atom. The number of fused-ring (bicyclic) bond motifs is 8. The molecule has 0 radical (unpaired) electrons. The zero-order valence-electron chi connectivity index (χ0n) is 15.4. The molecular weight excluding hydrogens is 366 g/mol. The number of hydrogen-bond acceptors (Lipinski definition) is 8. The molecule has 0 spiro atoms. The summed E-state index contributed by atoms with van der Waals surface area (Å²) < 4.78 is 6.02. The highest BCUT2D eigenvalue weighted by molar-refractivity contribution is 5.74. The van der Waals surface area contributed by atoms with Gasteiger partial charge in [0.25, 0.3) is 0 Å². The van der Waals surface area contributed by atoms with Crippen molar-refractivity contribution in [3.63, 3.8) is 0 Å². The summed E-state index contributed by atoms with van der Waals surface area (Å²) in [6.07, 6.45) is 1.13. The topological polar surface area (TPSA) is 91.6 Å². The Balaban J connectivity index is 1.27. The smallest absolute Gasteiger partial charge is 0.250 e. The van der Waals surface area contributed by atoms with Gasteiger partial charge in [-0.15, -0.1) is 10.2 Å². The molecule has 142 valence electrons. The van der Waals surface area contributed by atoms with Gasteiger partial charge < -0.3 is 4.42 Å². The Hall–Kier alpha value is -3.42. The number of para-hydroxylation sites is 1. The minimum Gasteiger partial charge on any atom is -0.416 e. The van der Waals surface area contributed by atoms with E-state index in [2.05, 4.69) is 41.8 Å². The van der Waals surface area contributed by atoms with E-state index in [0.29, 0.717) is 35.7 Å². The Bertz CT molecular complexity index is 1160. The minimum absolute atomic E-state index is 0.205. The van der Waals surface area contributed by atoms with E-state index in [9.17, 15) is 0 Å². The van der Waals surface area contributed by atoms with Crippen molar-refractivity contribution in [3.8, 4) is 22.9 Å². The molecule has 3 heterocycles. The number of benzene rings is 2. The molecule has 1 aromatic heterocycles. The summed E-state index contributed by atoms with van der Waals surface area (Å²) in [6.45, 7) is 0. The Morgan fingerprint density at radius 2 is 1.52 bits per heavy atom. The number of hydrogen-bond donors (Lipinski definition) is 0. The first-order chi connectivity index (χ1) is 14.4. The summed E-state index contributed by atoms with van der Waals surface area (Å²) >= 11 is 0. The van der Waals surface area contributed by atoms with E-state index >= 15 is 0 Å². The molecular formula is C21H17N7O. The van der Waals surface area contributed by atoms with Gasteiger partial charge in [0, 0.05) is 17.4 Å². The van der Waals surface area contributed by atoms with Gasteiger partial charge in [-0.25, -0.2) is 5.01 Å². The lowest BCUT2D eigenvalue weighted by molar-refractivity contribution is 0.242. The largest absolute Gasteiger partial charge is 0.416 e. The van der Waals surface area contributed by atoms with Crippen molar-refractivity contribution in [2.45, 2.75) is 30.6 Å². The normalized spacial score (nSPS) is 33.0. The summed E-state index contributed by atoms with van der Waals surface area (Å²) in [7, 11) is 0. The molecule has 8 nitrogen and oxygen atoms in total.